The second-order valence-corrected chi connectivity index (χ2v) is 11.0. The van der Waals surface area contributed by atoms with Gasteiger partial charge in [-0.15, -0.1) is 11.8 Å². The molecular weight excluding hydrogens is 352 g/mol. The molecular formula is C19H33O4SSi. The highest BCUT2D eigenvalue weighted by molar-refractivity contribution is 8.04. The molecule has 0 spiro atoms. The van der Waals surface area contributed by atoms with E-state index in [1.54, 1.807) is 11.8 Å². The zero-order valence-corrected chi connectivity index (χ0v) is 18.4. The molecule has 0 heterocycles. The molecule has 0 N–H and O–H groups in total. The van der Waals surface area contributed by atoms with E-state index in [4.69, 9.17) is 4.43 Å². The minimum atomic E-state index is -0.885. The summed E-state index contributed by atoms with van der Waals surface area (Å²) in [6.45, 7) is 10.8. The number of carbonyl (C=O) groups is 2. The topological polar surface area (TPSA) is 52.6 Å². The molecule has 0 aromatic rings. The van der Waals surface area contributed by atoms with E-state index in [2.05, 4.69) is 38.6 Å². The second kappa shape index (κ2) is 10.4. The number of hydrogen-bond donors (Lipinski definition) is 0. The fourth-order valence-electron chi connectivity index (χ4n) is 2.86. The molecule has 1 rings (SSSR count). The van der Waals surface area contributed by atoms with Gasteiger partial charge in [0, 0.05) is 18.8 Å². The highest BCUT2D eigenvalue weighted by Gasteiger charge is 2.40. The molecule has 1 aliphatic carbocycles. The smallest absolute Gasteiger partial charge is 0.305 e. The molecule has 4 nitrogen and oxygen atoms in total. The van der Waals surface area contributed by atoms with Gasteiger partial charge in [0.25, 0.3) is 9.04 Å². The van der Waals surface area contributed by atoms with Gasteiger partial charge in [-0.1, -0.05) is 33.6 Å². The molecule has 143 valence electrons. The summed E-state index contributed by atoms with van der Waals surface area (Å²) < 4.78 is 10.8. The molecule has 0 amide bonds. The summed E-state index contributed by atoms with van der Waals surface area (Å²) in [5.41, 5.74) is 0.0402. The highest BCUT2D eigenvalue weighted by Crippen LogP contribution is 2.45. The zero-order valence-electron chi connectivity index (χ0n) is 16.6. The zero-order chi connectivity index (χ0) is 19.0. The van der Waals surface area contributed by atoms with Gasteiger partial charge in [0.1, 0.15) is 5.76 Å². The number of Topliss-reactive ketones (excluding diaryl/α,β-unsaturated/α-hetero) is 1. The Labute approximate surface area is 158 Å². The molecule has 0 aromatic carbocycles. The van der Waals surface area contributed by atoms with Crippen LogP contribution in [0.25, 0.3) is 0 Å². The van der Waals surface area contributed by atoms with Crippen molar-refractivity contribution in [3.63, 3.8) is 0 Å². The Balaban J connectivity index is 2.52. The van der Waals surface area contributed by atoms with Gasteiger partial charge >= 0.3 is 5.97 Å². The molecule has 1 aliphatic rings. The lowest BCUT2D eigenvalue weighted by Gasteiger charge is -2.29. The SMILES string of the molecule is COC(=O)CCCCCCSC1=C(O[Si](C)C)C(C(C)(C)C)CC1=O. The van der Waals surface area contributed by atoms with Crippen molar-refractivity contribution in [2.75, 3.05) is 12.9 Å². The maximum Gasteiger partial charge on any atom is 0.305 e. The quantitative estimate of drug-likeness (QED) is 0.302. The number of hydrogen-bond acceptors (Lipinski definition) is 5. The van der Waals surface area contributed by atoms with Crippen LogP contribution in [0.1, 0.15) is 59.3 Å². The maximum absolute atomic E-state index is 12.5. The molecule has 0 aromatic heterocycles. The molecule has 1 unspecified atom stereocenters. The molecule has 0 fully saturated rings. The van der Waals surface area contributed by atoms with Crippen LogP contribution < -0.4 is 0 Å². The third kappa shape index (κ3) is 7.56. The van der Waals surface area contributed by atoms with Crippen LogP contribution in [0.15, 0.2) is 10.7 Å². The number of allylic oxidation sites excluding steroid dienone is 2. The lowest BCUT2D eigenvalue weighted by Crippen LogP contribution is -2.24. The number of unbranched alkanes of at least 4 members (excludes halogenated alkanes) is 3. The first-order chi connectivity index (χ1) is 11.7. The monoisotopic (exact) mass is 385 g/mol. The van der Waals surface area contributed by atoms with Crippen molar-refractivity contribution in [2.45, 2.75) is 72.4 Å². The van der Waals surface area contributed by atoms with Crippen molar-refractivity contribution in [1.82, 2.24) is 0 Å². The van der Waals surface area contributed by atoms with Crippen molar-refractivity contribution in [3.05, 3.63) is 10.7 Å². The predicted molar refractivity (Wildman–Crippen MR) is 106 cm³/mol. The standard InChI is InChI=1S/C19H33O4SSi/c1-19(2,3)14-13-15(20)18(17(14)23-25(5)6)24-12-10-8-7-9-11-16(21)22-4/h14H,7-13H2,1-6H3. The average molecular weight is 386 g/mol. The van der Waals surface area contributed by atoms with Crippen molar-refractivity contribution >= 4 is 32.6 Å². The van der Waals surface area contributed by atoms with Gasteiger partial charge in [0.2, 0.25) is 0 Å². The van der Waals surface area contributed by atoms with E-state index in [0.29, 0.717) is 12.8 Å². The largest absolute Gasteiger partial charge is 0.544 e. The summed E-state index contributed by atoms with van der Waals surface area (Å²) in [6, 6.07) is 0. The van der Waals surface area contributed by atoms with Crippen molar-refractivity contribution in [3.8, 4) is 0 Å². The van der Waals surface area contributed by atoms with Gasteiger partial charge in [-0.25, -0.2) is 0 Å². The maximum atomic E-state index is 12.5. The van der Waals surface area contributed by atoms with Gasteiger partial charge in [-0.05, 0) is 37.1 Å². The first-order valence-corrected chi connectivity index (χ1v) is 12.5. The summed E-state index contributed by atoms with van der Waals surface area (Å²) in [6.07, 6.45) is 5.09. The minimum Gasteiger partial charge on any atom is -0.544 e. The van der Waals surface area contributed by atoms with E-state index in [1.165, 1.54) is 7.11 Å². The number of ether oxygens (including phenoxy) is 1. The molecule has 1 atom stereocenters. The van der Waals surface area contributed by atoms with E-state index in [1.807, 2.05) is 0 Å². The van der Waals surface area contributed by atoms with Gasteiger partial charge < -0.3 is 9.16 Å². The van der Waals surface area contributed by atoms with Crippen LogP contribution in [0.2, 0.25) is 13.1 Å². The Kier molecular flexibility index (Phi) is 9.28. The van der Waals surface area contributed by atoms with Crippen LogP contribution in [0.3, 0.4) is 0 Å². The van der Waals surface area contributed by atoms with Gasteiger partial charge in [0.05, 0.1) is 12.0 Å². The summed E-state index contributed by atoms with van der Waals surface area (Å²) in [5.74, 6) is 2.18. The number of carbonyl (C=O) groups excluding carboxylic acids is 2. The van der Waals surface area contributed by atoms with Crippen LogP contribution in [0.4, 0.5) is 0 Å². The third-order valence-corrected chi connectivity index (χ3v) is 6.13. The molecule has 1 radical (unpaired) electrons. The Hall–Kier alpha value is -0.753. The minimum absolute atomic E-state index is 0.0402. The number of ketones is 1. The lowest BCUT2D eigenvalue weighted by molar-refractivity contribution is -0.140. The van der Waals surface area contributed by atoms with Gasteiger partial charge in [-0.2, -0.15) is 0 Å². The number of thioether (sulfide) groups is 1. The predicted octanol–water partition coefficient (Wildman–Crippen LogP) is 4.96. The van der Waals surface area contributed by atoms with Gasteiger partial charge in [-0.3, -0.25) is 9.59 Å². The summed E-state index contributed by atoms with van der Waals surface area (Å²) in [4.78, 5) is 24.4. The van der Waals surface area contributed by atoms with E-state index in [0.717, 1.165) is 42.1 Å². The fraction of sp³-hybridized carbons (Fsp3) is 0.789. The van der Waals surface area contributed by atoms with Crippen LogP contribution in [-0.2, 0) is 18.8 Å². The first kappa shape index (κ1) is 22.3. The molecule has 6 heteroatoms. The Morgan fingerprint density at radius 2 is 1.84 bits per heavy atom. The summed E-state index contributed by atoms with van der Waals surface area (Å²) in [7, 11) is 0.541. The second-order valence-electron chi connectivity index (χ2n) is 7.84. The molecule has 0 saturated heterocycles. The Bertz CT molecular complexity index is 494. The molecule has 0 bridgehead atoms. The number of rotatable bonds is 10. The number of esters is 1. The summed E-state index contributed by atoms with van der Waals surface area (Å²) >= 11 is 1.66. The van der Waals surface area contributed by atoms with Crippen molar-refractivity contribution in [1.29, 1.82) is 0 Å². The van der Waals surface area contributed by atoms with E-state index in [9.17, 15) is 9.59 Å². The van der Waals surface area contributed by atoms with E-state index < -0.39 is 9.04 Å². The van der Waals surface area contributed by atoms with Crippen molar-refractivity contribution in [2.24, 2.45) is 11.3 Å². The Morgan fingerprint density at radius 3 is 2.40 bits per heavy atom. The van der Waals surface area contributed by atoms with E-state index in [-0.39, 0.29) is 23.1 Å². The molecule has 0 aliphatic heterocycles. The van der Waals surface area contributed by atoms with Crippen LogP contribution >= 0.6 is 11.8 Å². The van der Waals surface area contributed by atoms with Crippen LogP contribution in [-0.4, -0.2) is 33.7 Å². The van der Waals surface area contributed by atoms with E-state index >= 15 is 0 Å². The van der Waals surface area contributed by atoms with Gasteiger partial charge in [0.15, 0.2) is 5.78 Å². The molecule has 0 saturated carbocycles. The van der Waals surface area contributed by atoms with Crippen LogP contribution in [0.5, 0.6) is 0 Å². The fourth-order valence-corrected chi connectivity index (χ4v) is 4.74. The molecule has 25 heavy (non-hydrogen) atoms. The normalized spacial score (nSPS) is 18.2. The highest BCUT2D eigenvalue weighted by atomic mass is 32.2. The average Bonchev–Trinajstić information content (AvgIpc) is 2.82. The summed E-state index contributed by atoms with van der Waals surface area (Å²) in [5, 5.41) is 0. The lowest BCUT2D eigenvalue weighted by atomic mass is 9.79. The van der Waals surface area contributed by atoms with Crippen LogP contribution in [0, 0.1) is 11.3 Å². The first-order valence-electron chi connectivity index (χ1n) is 9.11. The third-order valence-electron chi connectivity index (χ3n) is 4.29. The Morgan fingerprint density at radius 1 is 1.20 bits per heavy atom. The van der Waals surface area contributed by atoms with Crippen molar-refractivity contribution < 1.29 is 18.8 Å². The number of methoxy groups -OCH3 is 1.